The summed E-state index contributed by atoms with van der Waals surface area (Å²) in [5.74, 6) is -0.469. The van der Waals surface area contributed by atoms with Crippen molar-refractivity contribution in [1.29, 1.82) is 0 Å². The van der Waals surface area contributed by atoms with E-state index < -0.39 is 15.9 Å². The van der Waals surface area contributed by atoms with Gasteiger partial charge in [0.1, 0.15) is 0 Å². The van der Waals surface area contributed by atoms with Gasteiger partial charge in [-0.25, -0.2) is 8.42 Å². The molecule has 0 spiro atoms. The molecule has 0 fully saturated rings. The van der Waals surface area contributed by atoms with Gasteiger partial charge in [0.25, 0.3) is 0 Å². The van der Waals surface area contributed by atoms with Crippen LogP contribution in [-0.4, -0.2) is 30.4 Å². The van der Waals surface area contributed by atoms with Gasteiger partial charge >= 0.3 is 17.1 Å². The van der Waals surface area contributed by atoms with Gasteiger partial charge in [0.05, 0.1) is 10.1 Å². The molecule has 0 saturated heterocycles. The minimum Gasteiger partial charge on any atom is -0.748 e. The Hall–Kier alpha value is 0.389. The summed E-state index contributed by atoms with van der Waals surface area (Å²) >= 11 is 0. The predicted octanol–water partition coefficient (Wildman–Crippen LogP) is -1.09. The van der Waals surface area contributed by atoms with E-state index in [1.165, 1.54) is 0 Å². The van der Waals surface area contributed by atoms with Crippen molar-refractivity contribution >= 4 is 10.1 Å². The Labute approximate surface area is 64.5 Å². The Bertz CT molecular complexity index is 140. The second-order valence-corrected chi connectivity index (χ2v) is 2.86. The van der Waals surface area contributed by atoms with Gasteiger partial charge in [-0.1, -0.05) is 0 Å². The SMILES string of the molecule is O=S(=O)([O-])CCCO.[Cu+]. The van der Waals surface area contributed by atoms with Crippen molar-refractivity contribution in [3.8, 4) is 0 Å². The summed E-state index contributed by atoms with van der Waals surface area (Å²) in [6.45, 7) is -0.249. The van der Waals surface area contributed by atoms with Crippen molar-refractivity contribution in [2.24, 2.45) is 0 Å². The van der Waals surface area contributed by atoms with Crippen molar-refractivity contribution < 1.29 is 35.1 Å². The Morgan fingerprint density at radius 1 is 1.44 bits per heavy atom. The van der Waals surface area contributed by atoms with Crippen LogP contribution in [0.5, 0.6) is 0 Å². The third kappa shape index (κ3) is 11.8. The molecular weight excluding hydrogens is 196 g/mol. The minimum absolute atomic E-state index is 0. The average molecular weight is 203 g/mol. The predicted molar refractivity (Wildman–Crippen MR) is 26.3 cm³/mol. The fourth-order valence-electron chi connectivity index (χ4n) is 0.241. The van der Waals surface area contributed by atoms with E-state index in [0.29, 0.717) is 0 Å². The number of hydrogen-bond acceptors (Lipinski definition) is 4. The van der Waals surface area contributed by atoms with Crippen molar-refractivity contribution in [3.63, 3.8) is 0 Å². The zero-order valence-electron chi connectivity index (χ0n) is 4.50. The molecule has 1 N–H and O–H groups in total. The van der Waals surface area contributed by atoms with Crippen LogP contribution >= 0.6 is 0 Å². The molecule has 9 heavy (non-hydrogen) atoms. The zero-order valence-corrected chi connectivity index (χ0v) is 6.26. The number of hydrogen-bond donors (Lipinski definition) is 1. The Balaban J connectivity index is 0. The fraction of sp³-hybridized carbons (Fsp3) is 1.00. The summed E-state index contributed by atoms with van der Waals surface area (Å²) in [6.07, 6.45) is 0.0336. The van der Waals surface area contributed by atoms with Crippen LogP contribution in [0.3, 0.4) is 0 Å². The molecule has 6 heteroatoms. The minimum atomic E-state index is -4.10. The summed E-state index contributed by atoms with van der Waals surface area (Å²) in [5, 5.41) is 8.03. The molecule has 0 saturated carbocycles. The third-order valence-electron chi connectivity index (χ3n) is 0.552. The first-order valence-electron chi connectivity index (χ1n) is 2.10. The first kappa shape index (κ1) is 12.1. The molecule has 0 amide bonds. The first-order valence-corrected chi connectivity index (χ1v) is 3.68. The van der Waals surface area contributed by atoms with Crippen LogP contribution in [0.1, 0.15) is 6.42 Å². The van der Waals surface area contributed by atoms with Gasteiger partial charge in [-0.05, 0) is 6.42 Å². The molecule has 0 aromatic carbocycles. The van der Waals surface area contributed by atoms with Gasteiger partial charge in [-0.2, -0.15) is 0 Å². The van der Waals surface area contributed by atoms with Gasteiger partial charge in [0.15, 0.2) is 0 Å². The Kier molecular flexibility index (Phi) is 6.99. The Morgan fingerprint density at radius 2 is 1.89 bits per heavy atom. The van der Waals surface area contributed by atoms with Crippen molar-refractivity contribution in [1.82, 2.24) is 0 Å². The largest absolute Gasteiger partial charge is 1.00 e. The van der Waals surface area contributed by atoms with Crippen molar-refractivity contribution in [2.45, 2.75) is 6.42 Å². The fourth-order valence-corrected chi connectivity index (χ4v) is 0.724. The van der Waals surface area contributed by atoms with Crippen LogP contribution in [0, 0.1) is 0 Å². The smallest absolute Gasteiger partial charge is 0.748 e. The van der Waals surface area contributed by atoms with E-state index in [0.717, 1.165) is 0 Å². The standard InChI is InChI=1S/C3H8O4S.Cu/c4-2-1-3-8(5,6)7;/h4H,1-3H2,(H,5,6,7);/q;+1/p-1. The van der Waals surface area contributed by atoms with Crippen LogP contribution in [-0.2, 0) is 27.2 Å². The normalized spacial score (nSPS) is 10.4. The van der Waals surface area contributed by atoms with Crippen LogP contribution in [0.4, 0.5) is 0 Å². The van der Waals surface area contributed by atoms with E-state index in [1.54, 1.807) is 0 Å². The molecule has 0 aliphatic heterocycles. The maximum atomic E-state index is 9.72. The van der Waals surface area contributed by atoms with E-state index in [2.05, 4.69) is 0 Å². The molecule has 0 aliphatic rings. The molecule has 0 radical (unpaired) electrons. The van der Waals surface area contributed by atoms with E-state index in [4.69, 9.17) is 5.11 Å². The molecule has 0 aromatic heterocycles. The monoisotopic (exact) mass is 202 g/mol. The molecule has 0 unspecified atom stereocenters. The molecule has 0 bridgehead atoms. The summed E-state index contributed by atoms with van der Waals surface area (Å²) in [5.41, 5.74) is 0. The number of aliphatic hydroxyl groups is 1. The molecule has 60 valence electrons. The van der Waals surface area contributed by atoms with Crippen molar-refractivity contribution in [3.05, 3.63) is 0 Å². The first-order chi connectivity index (χ1) is 3.56. The zero-order chi connectivity index (χ0) is 6.62. The van der Waals surface area contributed by atoms with Gasteiger partial charge in [0.2, 0.25) is 0 Å². The molecule has 0 atom stereocenters. The quantitative estimate of drug-likeness (QED) is 0.466. The van der Waals surface area contributed by atoms with Crippen molar-refractivity contribution in [2.75, 3.05) is 12.4 Å². The van der Waals surface area contributed by atoms with Crippen LogP contribution in [0.15, 0.2) is 0 Å². The number of rotatable bonds is 3. The molecule has 0 heterocycles. The van der Waals surface area contributed by atoms with E-state index in [9.17, 15) is 13.0 Å². The third-order valence-corrected chi connectivity index (χ3v) is 1.34. The molecule has 0 aromatic rings. The Morgan fingerprint density at radius 3 is 2.00 bits per heavy atom. The average Bonchev–Trinajstić information content (AvgIpc) is 1.59. The topological polar surface area (TPSA) is 77.4 Å². The molecular formula is C3H7CuO4S. The van der Waals surface area contributed by atoms with Crippen LogP contribution in [0.2, 0.25) is 0 Å². The van der Waals surface area contributed by atoms with E-state index in [-0.39, 0.29) is 30.1 Å². The van der Waals surface area contributed by atoms with E-state index >= 15 is 0 Å². The van der Waals surface area contributed by atoms with Crippen LogP contribution in [0.25, 0.3) is 0 Å². The molecule has 4 nitrogen and oxygen atoms in total. The van der Waals surface area contributed by atoms with E-state index in [1.807, 2.05) is 0 Å². The second kappa shape index (κ2) is 5.20. The summed E-state index contributed by atoms with van der Waals surface area (Å²) in [4.78, 5) is 0. The maximum Gasteiger partial charge on any atom is 1.00 e. The van der Waals surface area contributed by atoms with Gasteiger partial charge in [0, 0.05) is 12.4 Å². The summed E-state index contributed by atoms with van der Waals surface area (Å²) in [6, 6.07) is 0. The van der Waals surface area contributed by atoms with Gasteiger partial charge in [-0.15, -0.1) is 0 Å². The van der Waals surface area contributed by atoms with Gasteiger partial charge < -0.3 is 9.66 Å². The van der Waals surface area contributed by atoms with Crippen LogP contribution < -0.4 is 0 Å². The molecule has 0 rings (SSSR count). The second-order valence-electron chi connectivity index (χ2n) is 1.34. The maximum absolute atomic E-state index is 9.72. The summed E-state index contributed by atoms with van der Waals surface area (Å²) < 4.78 is 29.2. The summed E-state index contributed by atoms with van der Waals surface area (Å²) in [7, 11) is -4.10. The number of aliphatic hydroxyl groups excluding tert-OH is 1. The molecule has 0 aliphatic carbocycles. The van der Waals surface area contributed by atoms with Gasteiger partial charge in [-0.3, -0.25) is 0 Å².